The Labute approximate surface area is 449 Å². The molecule has 0 fully saturated rings. The number of nitrogens with zero attached hydrogens (tertiary/aromatic N) is 1. The van der Waals surface area contributed by atoms with Gasteiger partial charge in [0.05, 0.1) is 39.9 Å². The monoisotopic (exact) mass is 1040 g/mol. The molecule has 0 aliphatic heterocycles. The van der Waals surface area contributed by atoms with Gasteiger partial charge in [0, 0.05) is 6.42 Å². The fraction of sp³-hybridized carbons (Fsp3) is 0.921. The summed E-state index contributed by atoms with van der Waals surface area (Å²) < 4.78 is 23.8. The average molecular weight is 1040 g/mol. The molecule has 0 aromatic rings. The van der Waals surface area contributed by atoms with Gasteiger partial charge in [-0.2, -0.15) is 0 Å². The molecule has 0 radical (unpaired) electrons. The maximum absolute atomic E-state index is 13.0. The van der Waals surface area contributed by atoms with E-state index in [0.717, 1.165) is 44.9 Å². The zero-order valence-corrected chi connectivity index (χ0v) is 49.8. The van der Waals surface area contributed by atoms with Gasteiger partial charge in [0.2, 0.25) is 5.91 Å². The Balaban J connectivity index is 3.95. The summed E-state index contributed by atoms with van der Waals surface area (Å²) in [6.07, 6.45) is 69.8. The smallest absolute Gasteiger partial charge is 0.391 e. The summed E-state index contributed by atoms with van der Waals surface area (Å²) in [5.74, 6) is -0.139. The Morgan fingerprint density at radius 2 is 0.792 bits per heavy atom. The number of phosphoric acid groups is 1. The number of hydrogen-bond acceptors (Lipinski definition) is 5. The molecular weight excluding hydrogens is 912 g/mol. The van der Waals surface area contributed by atoms with Gasteiger partial charge in [0.1, 0.15) is 13.2 Å². The van der Waals surface area contributed by atoms with Crippen LogP contribution in [0.3, 0.4) is 0 Å². The molecule has 8 nitrogen and oxygen atoms in total. The second kappa shape index (κ2) is 54.8. The number of hydrogen-bond donors (Lipinski definition) is 3. The zero-order valence-electron chi connectivity index (χ0n) is 48.9. The van der Waals surface area contributed by atoms with Gasteiger partial charge in [-0.05, 0) is 44.9 Å². The lowest BCUT2D eigenvalue weighted by Crippen LogP contribution is -2.46. The van der Waals surface area contributed by atoms with E-state index in [0.29, 0.717) is 23.9 Å². The lowest BCUT2D eigenvalue weighted by atomic mass is 10.0. The van der Waals surface area contributed by atoms with Crippen LogP contribution < -0.4 is 5.32 Å². The SMILES string of the molecule is CCCCCCCCCCCCC/C=C\C/C=C\CCCCCCCCCCCCCCCCCCCC(=O)NC(COP(=O)(O)OCC[N+](C)(C)C)C(O)CCCCCCCCCCCCCCCCC. The van der Waals surface area contributed by atoms with Crippen molar-refractivity contribution in [3.63, 3.8) is 0 Å². The number of nitrogens with one attached hydrogen (secondary N) is 1. The zero-order chi connectivity index (χ0) is 52.7. The van der Waals surface area contributed by atoms with E-state index in [-0.39, 0.29) is 19.1 Å². The molecule has 0 heterocycles. The first-order chi connectivity index (χ1) is 35.0. The lowest BCUT2D eigenvalue weighted by molar-refractivity contribution is -0.870. The maximum atomic E-state index is 13.0. The molecule has 0 saturated heterocycles. The first kappa shape index (κ1) is 71.0. The number of likely N-dealkylation sites (N-methyl/N-ethyl adjacent to an activating group) is 1. The minimum absolute atomic E-state index is 0.0769. The normalized spacial score (nSPS) is 13.9. The van der Waals surface area contributed by atoms with Crippen LogP contribution in [0.15, 0.2) is 24.3 Å². The fourth-order valence-electron chi connectivity index (χ4n) is 9.73. The molecule has 0 aromatic heterocycles. The summed E-state index contributed by atoms with van der Waals surface area (Å²) >= 11 is 0. The van der Waals surface area contributed by atoms with Gasteiger partial charge in [-0.25, -0.2) is 4.57 Å². The van der Waals surface area contributed by atoms with Crippen molar-refractivity contribution in [3.8, 4) is 0 Å². The summed E-state index contributed by atoms with van der Waals surface area (Å²) in [7, 11) is 1.63. The van der Waals surface area contributed by atoms with Gasteiger partial charge in [-0.15, -0.1) is 0 Å². The number of carbonyl (C=O) groups excluding carboxylic acids is 1. The molecular formula is C63H126N2O6P+. The molecule has 0 aliphatic carbocycles. The largest absolute Gasteiger partial charge is 0.472 e. The van der Waals surface area contributed by atoms with Crippen molar-refractivity contribution in [2.45, 2.75) is 334 Å². The molecule has 3 unspecified atom stereocenters. The Kier molecular flexibility index (Phi) is 54.0. The third-order valence-electron chi connectivity index (χ3n) is 14.7. The van der Waals surface area contributed by atoms with E-state index in [1.807, 2.05) is 21.1 Å². The van der Waals surface area contributed by atoms with Crippen molar-refractivity contribution in [1.82, 2.24) is 5.32 Å². The van der Waals surface area contributed by atoms with Crippen LogP contribution in [0.2, 0.25) is 0 Å². The third kappa shape index (κ3) is 56.7. The summed E-state index contributed by atoms with van der Waals surface area (Å²) in [6.45, 7) is 4.93. The van der Waals surface area contributed by atoms with E-state index in [1.165, 1.54) is 250 Å². The van der Waals surface area contributed by atoms with Crippen molar-refractivity contribution in [1.29, 1.82) is 0 Å². The highest BCUT2D eigenvalue weighted by Gasteiger charge is 2.28. The molecule has 1 amide bonds. The third-order valence-corrected chi connectivity index (χ3v) is 15.7. The molecule has 3 atom stereocenters. The van der Waals surface area contributed by atoms with Gasteiger partial charge < -0.3 is 19.8 Å². The Morgan fingerprint density at radius 1 is 0.472 bits per heavy atom. The van der Waals surface area contributed by atoms with Crippen LogP contribution >= 0.6 is 7.82 Å². The molecule has 0 rings (SSSR count). The van der Waals surface area contributed by atoms with Crippen LogP contribution in [0.5, 0.6) is 0 Å². The molecule has 72 heavy (non-hydrogen) atoms. The highest BCUT2D eigenvalue weighted by atomic mass is 31.2. The van der Waals surface area contributed by atoms with E-state index >= 15 is 0 Å². The van der Waals surface area contributed by atoms with Gasteiger partial charge in [0.15, 0.2) is 0 Å². The van der Waals surface area contributed by atoms with E-state index in [4.69, 9.17) is 9.05 Å². The van der Waals surface area contributed by atoms with Crippen molar-refractivity contribution in [2.75, 3.05) is 40.9 Å². The molecule has 0 bridgehead atoms. The summed E-state index contributed by atoms with van der Waals surface area (Å²) in [6, 6.07) is -0.758. The number of quaternary nitrogens is 1. The van der Waals surface area contributed by atoms with Crippen LogP contribution in [0.4, 0.5) is 0 Å². The van der Waals surface area contributed by atoms with Crippen LogP contribution in [-0.4, -0.2) is 73.4 Å². The first-order valence-electron chi connectivity index (χ1n) is 31.7. The average Bonchev–Trinajstić information content (AvgIpc) is 3.34. The van der Waals surface area contributed by atoms with Crippen LogP contribution in [-0.2, 0) is 18.4 Å². The molecule has 428 valence electrons. The van der Waals surface area contributed by atoms with E-state index < -0.39 is 20.0 Å². The van der Waals surface area contributed by atoms with Crippen LogP contribution in [0.1, 0.15) is 322 Å². The second-order valence-corrected chi connectivity index (χ2v) is 24.6. The van der Waals surface area contributed by atoms with Gasteiger partial charge >= 0.3 is 7.82 Å². The van der Waals surface area contributed by atoms with Crippen molar-refractivity contribution in [2.24, 2.45) is 0 Å². The van der Waals surface area contributed by atoms with Gasteiger partial charge in [-0.1, -0.05) is 295 Å². The number of carbonyl (C=O) groups is 1. The topological polar surface area (TPSA) is 105 Å². The number of aliphatic hydroxyl groups excluding tert-OH is 1. The van der Waals surface area contributed by atoms with Crippen LogP contribution in [0, 0.1) is 0 Å². The number of amides is 1. The second-order valence-electron chi connectivity index (χ2n) is 23.1. The van der Waals surface area contributed by atoms with Gasteiger partial charge in [0.25, 0.3) is 0 Å². The molecule has 3 N–H and O–H groups in total. The summed E-state index contributed by atoms with van der Waals surface area (Å²) in [5, 5.41) is 14.1. The van der Waals surface area contributed by atoms with Gasteiger partial charge in [-0.3, -0.25) is 13.8 Å². The van der Waals surface area contributed by atoms with Crippen molar-refractivity contribution < 1.29 is 32.9 Å². The highest BCUT2D eigenvalue weighted by molar-refractivity contribution is 7.47. The summed E-state index contributed by atoms with van der Waals surface area (Å²) in [4.78, 5) is 23.3. The molecule has 0 aromatic carbocycles. The highest BCUT2D eigenvalue weighted by Crippen LogP contribution is 2.43. The first-order valence-corrected chi connectivity index (χ1v) is 33.2. The molecule has 0 aliphatic rings. The van der Waals surface area contributed by atoms with E-state index in [2.05, 4.69) is 43.5 Å². The Morgan fingerprint density at radius 3 is 1.14 bits per heavy atom. The molecule has 0 saturated carbocycles. The van der Waals surface area contributed by atoms with Crippen molar-refractivity contribution in [3.05, 3.63) is 24.3 Å². The number of allylic oxidation sites excluding steroid dienone is 4. The number of rotatable bonds is 59. The number of aliphatic hydroxyl groups is 1. The molecule has 0 spiro atoms. The quantitative estimate of drug-likeness (QED) is 0.0243. The molecule has 9 heteroatoms. The fourth-order valence-corrected chi connectivity index (χ4v) is 10.5. The predicted octanol–water partition coefficient (Wildman–Crippen LogP) is 19.5. The Bertz CT molecular complexity index is 1220. The van der Waals surface area contributed by atoms with Crippen molar-refractivity contribution >= 4 is 13.7 Å². The number of phosphoric ester groups is 1. The maximum Gasteiger partial charge on any atom is 0.472 e. The van der Waals surface area contributed by atoms with Crippen LogP contribution in [0.25, 0.3) is 0 Å². The Hall–Kier alpha value is -1.02. The lowest BCUT2D eigenvalue weighted by Gasteiger charge is -2.26. The number of unbranched alkanes of at least 4 members (excludes halogenated alkanes) is 42. The minimum Gasteiger partial charge on any atom is -0.391 e. The minimum atomic E-state index is -4.32. The standard InChI is InChI=1S/C63H125N2O6P/c1-6-8-10-12-14-16-18-20-22-23-24-25-26-27-28-29-30-31-32-33-34-35-36-37-38-39-40-41-43-45-47-49-51-53-55-57-63(67)64-61(60-71-72(68,69)70-59-58-65(3,4)5)62(66)56-54-52-50-48-46-44-42-21-19-17-15-13-11-9-7-2/h26-27,29-30,61-62,66H,6-25,28,31-60H2,1-5H3,(H-,64,67,68,69)/p+1/b27-26-,30-29-. The van der Waals surface area contributed by atoms with E-state index in [1.54, 1.807) is 0 Å². The predicted molar refractivity (Wildman–Crippen MR) is 314 cm³/mol. The van der Waals surface area contributed by atoms with E-state index in [9.17, 15) is 19.4 Å². The summed E-state index contributed by atoms with van der Waals surface area (Å²) in [5.41, 5.74) is 0.